The van der Waals surface area contributed by atoms with Crippen LogP contribution in [0, 0.1) is 0 Å². The van der Waals surface area contributed by atoms with E-state index in [1.807, 2.05) is 12.1 Å². The van der Waals surface area contributed by atoms with Crippen molar-refractivity contribution >= 4 is 31.9 Å². The molecule has 1 heterocycles. The van der Waals surface area contributed by atoms with Crippen LogP contribution in [0.4, 0.5) is 0 Å². The van der Waals surface area contributed by atoms with E-state index in [0.717, 1.165) is 33.1 Å². The van der Waals surface area contributed by atoms with Crippen molar-refractivity contribution in [2.75, 3.05) is 0 Å². The average Bonchev–Trinajstić information content (AvgIpc) is 2.46. The molecule has 0 amide bonds. The smallest absolute Gasteiger partial charge is 0.134 e. The third-order valence-electron chi connectivity index (χ3n) is 3.17. The molecule has 0 radical (unpaired) electrons. The largest absolute Gasteiger partial charge is 0.488 e. The summed E-state index contributed by atoms with van der Waals surface area (Å²) in [6.45, 7) is 2.59. The first-order chi connectivity index (χ1) is 10.1. The normalized spacial score (nSPS) is 12.2. The Hall–Kier alpha value is -0.910. The zero-order valence-corrected chi connectivity index (χ0v) is 15.0. The Morgan fingerprint density at radius 3 is 2.67 bits per heavy atom. The van der Waals surface area contributed by atoms with E-state index in [1.165, 1.54) is 5.56 Å². The molecule has 5 heteroatoms. The number of benzene rings is 1. The highest BCUT2D eigenvalue weighted by Crippen LogP contribution is 2.27. The minimum absolute atomic E-state index is 0.205. The van der Waals surface area contributed by atoms with Crippen LogP contribution in [0.5, 0.6) is 5.75 Å². The van der Waals surface area contributed by atoms with E-state index in [2.05, 4.69) is 55.9 Å². The molecular formula is C16H18Br2N2O. The summed E-state index contributed by atoms with van der Waals surface area (Å²) in [5.74, 6) is 0.823. The first-order valence-corrected chi connectivity index (χ1v) is 8.43. The molecule has 2 rings (SSSR count). The second-order valence-electron chi connectivity index (χ2n) is 4.94. The lowest BCUT2D eigenvalue weighted by molar-refractivity contribution is 0.303. The molecule has 0 saturated heterocycles. The zero-order valence-electron chi connectivity index (χ0n) is 11.9. The predicted octanol–water partition coefficient (Wildman–Crippen LogP) is 4.47. The molecule has 0 fully saturated rings. The van der Waals surface area contributed by atoms with Crippen molar-refractivity contribution < 1.29 is 4.74 Å². The molecule has 0 aliphatic carbocycles. The maximum absolute atomic E-state index is 5.98. The zero-order chi connectivity index (χ0) is 15.2. The van der Waals surface area contributed by atoms with Gasteiger partial charge in [0.2, 0.25) is 0 Å². The summed E-state index contributed by atoms with van der Waals surface area (Å²) in [6.07, 6.45) is 5.41. The van der Waals surface area contributed by atoms with Gasteiger partial charge in [-0.1, -0.05) is 13.0 Å². The Morgan fingerprint density at radius 1 is 1.19 bits per heavy atom. The van der Waals surface area contributed by atoms with E-state index in [4.69, 9.17) is 10.5 Å². The number of halogens is 2. The molecular weight excluding hydrogens is 396 g/mol. The molecule has 2 N–H and O–H groups in total. The summed E-state index contributed by atoms with van der Waals surface area (Å²) >= 11 is 6.96. The van der Waals surface area contributed by atoms with Crippen LogP contribution in [0.15, 0.2) is 45.6 Å². The lowest BCUT2D eigenvalue weighted by atomic mass is 10.0. The number of hydrogen-bond acceptors (Lipinski definition) is 3. The molecule has 1 unspecified atom stereocenters. The predicted molar refractivity (Wildman–Crippen MR) is 92.4 cm³/mol. The quantitative estimate of drug-likeness (QED) is 0.760. The van der Waals surface area contributed by atoms with Gasteiger partial charge in [-0.15, -0.1) is 0 Å². The maximum atomic E-state index is 5.98. The number of nitrogens with two attached hydrogens (primary N) is 1. The van der Waals surface area contributed by atoms with Crippen LogP contribution in [0.2, 0.25) is 0 Å². The summed E-state index contributed by atoms with van der Waals surface area (Å²) in [4.78, 5) is 4.12. The van der Waals surface area contributed by atoms with Gasteiger partial charge in [-0.2, -0.15) is 0 Å². The van der Waals surface area contributed by atoms with Gasteiger partial charge in [0.05, 0.1) is 4.47 Å². The number of hydrogen-bond donors (Lipinski definition) is 1. The maximum Gasteiger partial charge on any atom is 0.134 e. The molecule has 21 heavy (non-hydrogen) atoms. The van der Waals surface area contributed by atoms with Crippen molar-refractivity contribution in [2.24, 2.45) is 5.73 Å². The molecule has 0 bridgehead atoms. The van der Waals surface area contributed by atoms with Gasteiger partial charge in [-0.05, 0) is 68.5 Å². The molecule has 3 nitrogen and oxygen atoms in total. The van der Waals surface area contributed by atoms with Crippen LogP contribution in [0.3, 0.4) is 0 Å². The fraction of sp³-hybridized carbons (Fsp3) is 0.312. The van der Waals surface area contributed by atoms with Gasteiger partial charge in [0.15, 0.2) is 0 Å². The van der Waals surface area contributed by atoms with E-state index < -0.39 is 0 Å². The fourth-order valence-corrected chi connectivity index (χ4v) is 2.88. The molecule has 1 aromatic heterocycles. The molecule has 0 saturated carbocycles. The van der Waals surface area contributed by atoms with Gasteiger partial charge in [-0.3, -0.25) is 4.98 Å². The van der Waals surface area contributed by atoms with Crippen LogP contribution >= 0.6 is 31.9 Å². The third-order valence-corrected chi connectivity index (χ3v) is 4.23. The summed E-state index contributed by atoms with van der Waals surface area (Å²) in [7, 11) is 0. The van der Waals surface area contributed by atoms with Crippen LogP contribution in [0.25, 0.3) is 0 Å². The molecule has 1 aromatic carbocycles. The van der Waals surface area contributed by atoms with Crippen molar-refractivity contribution in [3.63, 3.8) is 0 Å². The van der Waals surface area contributed by atoms with Crippen molar-refractivity contribution in [3.8, 4) is 5.75 Å². The molecule has 1 atom stereocenters. The van der Waals surface area contributed by atoms with Crippen molar-refractivity contribution in [1.29, 1.82) is 0 Å². The standard InChI is InChI=1S/C16H18Br2N2O/c1-2-14(19)6-11-3-4-16(15(18)7-11)21-10-12-5-13(17)9-20-8-12/h3-5,7-9,14H,2,6,10,19H2,1H3. The first kappa shape index (κ1) is 16.5. The Kier molecular flexibility index (Phi) is 6.21. The average molecular weight is 414 g/mol. The molecule has 112 valence electrons. The molecule has 2 aromatic rings. The lowest BCUT2D eigenvalue weighted by Gasteiger charge is -2.12. The van der Waals surface area contributed by atoms with Gasteiger partial charge in [-0.25, -0.2) is 0 Å². The van der Waals surface area contributed by atoms with E-state index in [0.29, 0.717) is 6.61 Å². The minimum Gasteiger partial charge on any atom is -0.488 e. The van der Waals surface area contributed by atoms with Crippen LogP contribution in [-0.2, 0) is 13.0 Å². The van der Waals surface area contributed by atoms with Gasteiger partial charge in [0, 0.05) is 28.5 Å². The lowest BCUT2D eigenvalue weighted by Crippen LogP contribution is -2.21. The molecule has 0 spiro atoms. The van der Waals surface area contributed by atoms with Crippen molar-refractivity contribution in [3.05, 3.63) is 56.7 Å². The van der Waals surface area contributed by atoms with E-state index in [9.17, 15) is 0 Å². The Bertz CT molecular complexity index is 605. The highest BCUT2D eigenvalue weighted by Gasteiger charge is 2.06. The SMILES string of the molecule is CCC(N)Cc1ccc(OCc2cncc(Br)c2)c(Br)c1. The number of nitrogens with zero attached hydrogens (tertiary/aromatic N) is 1. The number of ether oxygens (including phenoxy) is 1. The summed E-state index contributed by atoms with van der Waals surface area (Å²) in [5, 5.41) is 0. The first-order valence-electron chi connectivity index (χ1n) is 6.84. The Morgan fingerprint density at radius 2 is 2.00 bits per heavy atom. The second-order valence-corrected chi connectivity index (χ2v) is 6.71. The van der Waals surface area contributed by atoms with Gasteiger partial charge in [0.1, 0.15) is 12.4 Å². The summed E-state index contributed by atoms with van der Waals surface area (Å²) in [5.41, 5.74) is 8.22. The second kappa shape index (κ2) is 7.92. The Labute approximate surface area is 142 Å². The van der Waals surface area contributed by atoms with Crippen molar-refractivity contribution in [1.82, 2.24) is 4.98 Å². The number of aromatic nitrogens is 1. The monoisotopic (exact) mass is 412 g/mol. The third kappa shape index (κ3) is 5.09. The van der Waals surface area contributed by atoms with E-state index in [1.54, 1.807) is 12.4 Å². The number of rotatable bonds is 6. The Balaban J connectivity index is 2.01. The van der Waals surface area contributed by atoms with E-state index in [-0.39, 0.29) is 6.04 Å². The van der Waals surface area contributed by atoms with Crippen LogP contribution in [0.1, 0.15) is 24.5 Å². The topological polar surface area (TPSA) is 48.1 Å². The van der Waals surface area contributed by atoms with Gasteiger partial charge in [0.25, 0.3) is 0 Å². The van der Waals surface area contributed by atoms with Crippen LogP contribution in [-0.4, -0.2) is 11.0 Å². The molecule has 0 aliphatic rings. The summed E-state index contributed by atoms with van der Waals surface area (Å²) in [6, 6.07) is 8.32. The van der Waals surface area contributed by atoms with Gasteiger partial charge < -0.3 is 10.5 Å². The molecule has 0 aliphatic heterocycles. The van der Waals surface area contributed by atoms with Crippen LogP contribution < -0.4 is 10.5 Å². The minimum atomic E-state index is 0.205. The van der Waals surface area contributed by atoms with E-state index >= 15 is 0 Å². The van der Waals surface area contributed by atoms with Gasteiger partial charge >= 0.3 is 0 Å². The summed E-state index contributed by atoms with van der Waals surface area (Å²) < 4.78 is 7.73. The fourth-order valence-electron chi connectivity index (χ4n) is 1.93. The van der Waals surface area contributed by atoms with Crippen molar-refractivity contribution in [2.45, 2.75) is 32.4 Å². The highest BCUT2D eigenvalue weighted by atomic mass is 79.9. The highest BCUT2D eigenvalue weighted by molar-refractivity contribution is 9.10. The number of pyridine rings is 1.